The molecule has 8 heteroatoms. The predicted octanol–water partition coefficient (Wildman–Crippen LogP) is 2.73. The smallest absolute Gasteiger partial charge is 0.229 e. The molecule has 0 unspecified atom stereocenters. The molecule has 0 saturated carbocycles. The molecule has 4 aromatic rings. The third-order valence-electron chi connectivity index (χ3n) is 3.84. The molecule has 130 valence electrons. The normalized spacial score (nSPS) is 11.0. The van der Waals surface area contributed by atoms with Crippen LogP contribution in [0.3, 0.4) is 0 Å². The van der Waals surface area contributed by atoms with Gasteiger partial charge in [-0.25, -0.2) is 9.67 Å². The van der Waals surface area contributed by atoms with Gasteiger partial charge in [-0.1, -0.05) is 18.2 Å². The molecule has 0 amide bonds. The van der Waals surface area contributed by atoms with E-state index in [2.05, 4.69) is 32.4 Å². The molecule has 0 aliphatic heterocycles. The number of para-hydroxylation sites is 1. The Labute approximate surface area is 150 Å². The van der Waals surface area contributed by atoms with Gasteiger partial charge in [0.15, 0.2) is 5.65 Å². The first-order chi connectivity index (χ1) is 12.7. The lowest BCUT2D eigenvalue weighted by molar-refractivity contribution is 0.425. The molecule has 0 spiro atoms. The van der Waals surface area contributed by atoms with Crippen LogP contribution >= 0.6 is 0 Å². The van der Waals surface area contributed by atoms with Crippen molar-refractivity contribution in [2.24, 2.45) is 7.05 Å². The molecule has 2 radical (unpaired) electrons. The average molecular weight is 347 g/mol. The van der Waals surface area contributed by atoms with Gasteiger partial charge in [-0.2, -0.15) is 15.2 Å². The van der Waals surface area contributed by atoms with Gasteiger partial charge in [-0.3, -0.25) is 4.68 Å². The second kappa shape index (κ2) is 6.83. The minimum absolute atomic E-state index is 0.489. The van der Waals surface area contributed by atoms with E-state index in [1.807, 2.05) is 42.2 Å². The van der Waals surface area contributed by atoms with Gasteiger partial charge >= 0.3 is 0 Å². The van der Waals surface area contributed by atoms with Gasteiger partial charge in [-0.05, 0) is 13.0 Å². The van der Waals surface area contributed by atoms with Gasteiger partial charge in [0.25, 0.3) is 0 Å². The minimum atomic E-state index is 0.489. The molecule has 4 rings (SSSR count). The Kier molecular flexibility index (Phi) is 4.22. The fourth-order valence-corrected chi connectivity index (χ4v) is 2.66. The van der Waals surface area contributed by atoms with Gasteiger partial charge in [0, 0.05) is 25.0 Å². The molecular weight excluding hydrogens is 330 g/mol. The number of benzene rings is 1. The van der Waals surface area contributed by atoms with Crippen LogP contribution in [0, 0.1) is 13.5 Å². The summed E-state index contributed by atoms with van der Waals surface area (Å²) in [5.41, 5.74) is 2.54. The Hall–Kier alpha value is -3.42. The van der Waals surface area contributed by atoms with E-state index in [0.717, 1.165) is 28.0 Å². The molecule has 0 aliphatic carbocycles. The van der Waals surface area contributed by atoms with Gasteiger partial charge in [0.1, 0.15) is 12.4 Å². The molecule has 1 aromatic carbocycles. The molecule has 1 N–H and O–H groups in total. The van der Waals surface area contributed by atoms with E-state index >= 15 is 0 Å². The third kappa shape index (κ3) is 3.21. The SMILES string of the molecule is [CH2][CH]Oc1ccccc1Cn1ncc2cnc(Nc3cnn(C)c3)nc21. The molecule has 0 bridgehead atoms. The predicted molar refractivity (Wildman–Crippen MR) is 97.6 cm³/mol. The number of fused-ring (bicyclic) bond motifs is 1. The number of nitrogens with one attached hydrogen (secondary N) is 1. The van der Waals surface area contributed by atoms with Crippen LogP contribution in [-0.4, -0.2) is 29.5 Å². The standard InChI is InChI=1S/C18H17N7O/c1-3-26-16-7-5-4-6-13(16)11-25-17-14(9-21-25)8-19-18(23-17)22-15-10-20-24(2)12-15/h3-10,12H,1,11H2,2H3,(H,19,22,23). The van der Waals surface area contributed by atoms with Crippen molar-refractivity contribution < 1.29 is 4.74 Å². The largest absolute Gasteiger partial charge is 0.486 e. The fourth-order valence-electron chi connectivity index (χ4n) is 2.66. The highest BCUT2D eigenvalue weighted by Gasteiger charge is 2.10. The first kappa shape index (κ1) is 16.1. The van der Waals surface area contributed by atoms with Crippen LogP contribution in [0.1, 0.15) is 5.56 Å². The Morgan fingerprint density at radius 3 is 2.88 bits per heavy atom. The molecule has 0 saturated heterocycles. The summed E-state index contributed by atoms with van der Waals surface area (Å²) in [5.74, 6) is 1.23. The molecule has 8 nitrogen and oxygen atoms in total. The summed E-state index contributed by atoms with van der Waals surface area (Å²) in [5, 5.41) is 12.6. The molecule has 3 heterocycles. The molecule has 0 atom stereocenters. The zero-order chi connectivity index (χ0) is 17.9. The summed E-state index contributed by atoms with van der Waals surface area (Å²) in [6, 6.07) is 7.76. The summed E-state index contributed by atoms with van der Waals surface area (Å²) >= 11 is 0. The Bertz CT molecular complexity index is 1040. The minimum Gasteiger partial charge on any atom is -0.486 e. The number of aryl methyl sites for hydroxylation is 1. The third-order valence-corrected chi connectivity index (χ3v) is 3.84. The fraction of sp³-hybridized carbons (Fsp3) is 0.111. The topological polar surface area (TPSA) is 82.7 Å². The zero-order valence-electron chi connectivity index (χ0n) is 14.2. The summed E-state index contributed by atoms with van der Waals surface area (Å²) in [6.45, 7) is 5.56. The number of aromatic nitrogens is 6. The lowest BCUT2D eigenvalue weighted by Crippen LogP contribution is -2.05. The van der Waals surface area contributed by atoms with Gasteiger partial charge in [0.05, 0.1) is 30.0 Å². The van der Waals surface area contributed by atoms with E-state index in [1.54, 1.807) is 23.3 Å². The number of anilines is 2. The van der Waals surface area contributed by atoms with Crippen molar-refractivity contribution in [3.63, 3.8) is 0 Å². The summed E-state index contributed by atoms with van der Waals surface area (Å²) in [7, 11) is 1.85. The van der Waals surface area contributed by atoms with Gasteiger partial charge in [0.2, 0.25) is 5.95 Å². The molecule has 0 fully saturated rings. The van der Waals surface area contributed by atoms with Crippen LogP contribution in [0.5, 0.6) is 5.75 Å². The lowest BCUT2D eigenvalue weighted by Gasteiger charge is -2.10. The van der Waals surface area contributed by atoms with E-state index in [-0.39, 0.29) is 0 Å². The van der Waals surface area contributed by atoms with Gasteiger partial charge in [-0.15, -0.1) is 0 Å². The first-order valence-corrected chi connectivity index (χ1v) is 8.02. The maximum Gasteiger partial charge on any atom is 0.229 e. The van der Waals surface area contributed by atoms with Crippen molar-refractivity contribution in [2.75, 3.05) is 5.32 Å². The molecule has 3 aromatic heterocycles. The summed E-state index contributed by atoms with van der Waals surface area (Å²) in [4.78, 5) is 8.92. The van der Waals surface area contributed by atoms with Gasteiger partial charge < -0.3 is 10.1 Å². The van der Waals surface area contributed by atoms with Crippen LogP contribution < -0.4 is 10.1 Å². The van der Waals surface area contributed by atoms with Crippen molar-refractivity contribution >= 4 is 22.7 Å². The van der Waals surface area contributed by atoms with E-state index in [0.29, 0.717) is 12.5 Å². The average Bonchev–Trinajstić information content (AvgIpc) is 3.23. The highest BCUT2D eigenvalue weighted by atomic mass is 16.5. The highest BCUT2D eigenvalue weighted by molar-refractivity contribution is 5.75. The summed E-state index contributed by atoms with van der Waals surface area (Å²) < 4.78 is 9.00. The van der Waals surface area contributed by atoms with Crippen LogP contribution in [0.4, 0.5) is 11.6 Å². The number of rotatable bonds is 6. The van der Waals surface area contributed by atoms with E-state index in [9.17, 15) is 0 Å². The van der Waals surface area contributed by atoms with Crippen LogP contribution in [0.15, 0.2) is 49.1 Å². The van der Waals surface area contributed by atoms with Crippen molar-refractivity contribution in [3.05, 3.63) is 68.1 Å². The number of nitrogens with zero attached hydrogens (tertiary/aromatic N) is 6. The summed E-state index contributed by atoms with van der Waals surface area (Å²) in [6.07, 6.45) is 7.07. The van der Waals surface area contributed by atoms with Crippen molar-refractivity contribution in [2.45, 2.75) is 6.54 Å². The second-order valence-corrected chi connectivity index (χ2v) is 5.69. The first-order valence-electron chi connectivity index (χ1n) is 8.02. The molecule has 26 heavy (non-hydrogen) atoms. The molecule has 0 aliphatic rings. The second-order valence-electron chi connectivity index (χ2n) is 5.69. The van der Waals surface area contributed by atoms with E-state index in [4.69, 9.17) is 4.74 Å². The molecular formula is C18H17N7O. The van der Waals surface area contributed by atoms with E-state index in [1.165, 1.54) is 6.61 Å². The number of ether oxygens (including phenoxy) is 1. The van der Waals surface area contributed by atoms with E-state index < -0.39 is 0 Å². The van der Waals surface area contributed by atoms with Crippen LogP contribution in [-0.2, 0) is 13.6 Å². The zero-order valence-corrected chi connectivity index (χ0v) is 14.2. The maximum absolute atomic E-state index is 5.47. The van der Waals surface area contributed by atoms with Crippen molar-refractivity contribution in [1.82, 2.24) is 29.5 Å². The number of hydrogen-bond donors (Lipinski definition) is 1. The lowest BCUT2D eigenvalue weighted by atomic mass is 10.2. The number of hydrogen-bond acceptors (Lipinski definition) is 6. The van der Waals surface area contributed by atoms with Crippen molar-refractivity contribution in [1.29, 1.82) is 0 Å². The quantitative estimate of drug-likeness (QED) is 0.577. The van der Waals surface area contributed by atoms with Crippen molar-refractivity contribution in [3.8, 4) is 5.75 Å². The Morgan fingerprint density at radius 2 is 2.08 bits per heavy atom. The van der Waals surface area contributed by atoms with Crippen LogP contribution in [0.25, 0.3) is 11.0 Å². The van der Waals surface area contributed by atoms with Crippen LogP contribution in [0.2, 0.25) is 0 Å². The Balaban J connectivity index is 1.64. The Morgan fingerprint density at radius 1 is 1.19 bits per heavy atom. The monoisotopic (exact) mass is 347 g/mol. The maximum atomic E-state index is 5.47. The highest BCUT2D eigenvalue weighted by Crippen LogP contribution is 2.22.